The summed E-state index contributed by atoms with van der Waals surface area (Å²) in [5.74, 6) is 0.159. The zero-order chi connectivity index (χ0) is 18.1. The summed E-state index contributed by atoms with van der Waals surface area (Å²) in [6, 6.07) is 16.7. The van der Waals surface area contributed by atoms with Gasteiger partial charge in [0.2, 0.25) is 12.3 Å². The second kappa shape index (κ2) is 7.60. The number of hydrogen-bond donors (Lipinski definition) is 0. The van der Waals surface area contributed by atoms with Crippen molar-refractivity contribution in [1.82, 2.24) is 0 Å². The highest BCUT2D eigenvalue weighted by molar-refractivity contribution is 5.98. The number of methoxy groups -OCH3 is 1. The lowest BCUT2D eigenvalue weighted by atomic mass is 10.1. The number of nitrogens with zero attached hydrogens (tertiary/aromatic N) is 1. The highest BCUT2D eigenvalue weighted by Crippen LogP contribution is 2.24. The van der Waals surface area contributed by atoms with Gasteiger partial charge < -0.3 is 21.6 Å². The fourth-order valence-corrected chi connectivity index (χ4v) is 3.00. The molecule has 0 atom stereocenters. The van der Waals surface area contributed by atoms with Crippen LogP contribution in [0.2, 0.25) is 0 Å². The number of aromatic nitrogens is 1. The van der Waals surface area contributed by atoms with Crippen molar-refractivity contribution in [1.29, 1.82) is 0 Å². The predicted octanol–water partition coefficient (Wildman–Crippen LogP) is 0.129. The first-order chi connectivity index (χ1) is 12.7. The van der Waals surface area contributed by atoms with E-state index in [4.69, 9.17) is 9.15 Å². The van der Waals surface area contributed by atoms with Crippen LogP contribution in [0.25, 0.3) is 21.7 Å². The second-order valence-electron chi connectivity index (χ2n) is 6.00. The van der Waals surface area contributed by atoms with E-state index in [2.05, 4.69) is 0 Å². The number of hydrogen-bond acceptors (Lipinski definition) is 4. The van der Waals surface area contributed by atoms with Gasteiger partial charge in [0.15, 0.2) is 23.7 Å². The van der Waals surface area contributed by atoms with E-state index in [0.29, 0.717) is 16.7 Å². The van der Waals surface area contributed by atoms with Gasteiger partial charge in [-0.05, 0) is 23.6 Å². The highest BCUT2D eigenvalue weighted by atomic mass is 35.5. The molecule has 0 spiro atoms. The van der Waals surface area contributed by atoms with Crippen molar-refractivity contribution in [3.63, 3.8) is 0 Å². The third-order valence-electron chi connectivity index (χ3n) is 4.32. The number of carbonyl (C=O) groups is 1. The lowest BCUT2D eigenvalue weighted by Crippen LogP contribution is -3.00. The summed E-state index contributed by atoms with van der Waals surface area (Å²) < 4.78 is 12.3. The van der Waals surface area contributed by atoms with E-state index in [1.54, 1.807) is 28.8 Å². The molecule has 0 saturated carbocycles. The number of Topliss-reactive ketones (excluding diaryl/α,β-unsaturated/α-hetero) is 1. The third kappa shape index (κ3) is 3.55. The van der Waals surface area contributed by atoms with Crippen LogP contribution in [0, 0.1) is 0 Å². The van der Waals surface area contributed by atoms with E-state index in [1.807, 2.05) is 42.7 Å². The molecule has 0 aliphatic heterocycles. The second-order valence-corrected chi connectivity index (χ2v) is 6.00. The number of halogens is 1. The van der Waals surface area contributed by atoms with Crippen molar-refractivity contribution >= 4 is 27.5 Å². The molecule has 5 nitrogen and oxygen atoms in total. The molecule has 4 aromatic rings. The van der Waals surface area contributed by atoms with Gasteiger partial charge in [-0.1, -0.05) is 30.3 Å². The van der Waals surface area contributed by atoms with Crippen molar-refractivity contribution < 1.29 is 30.9 Å². The fraction of sp³-hybridized carbons (Fsp3) is 0.0952. The Morgan fingerprint density at radius 2 is 1.78 bits per heavy atom. The van der Waals surface area contributed by atoms with E-state index in [1.165, 1.54) is 7.11 Å². The first kappa shape index (κ1) is 18.6. The van der Waals surface area contributed by atoms with Gasteiger partial charge in [0, 0.05) is 16.8 Å². The molecule has 0 bridgehead atoms. The zero-order valence-electron chi connectivity index (χ0n) is 14.5. The Morgan fingerprint density at radius 3 is 2.56 bits per heavy atom. The molecule has 0 unspecified atom stereocenters. The summed E-state index contributed by atoms with van der Waals surface area (Å²) >= 11 is 0. The first-order valence-electron chi connectivity index (χ1n) is 8.17. The summed E-state index contributed by atoms with van der Waals surface area (Å²) in [6.07, 6.45) is 3.71. The number of rotatable bonds is 4. The maximum Gasteiger partial charge on any atom is 0.347 e. The fourth-order valence-electron chi connectivity index (χ4n) is 3.00. The minimum atomic E-state index is -0.659. The van der Waals surface area contributed by atoms with Gasteiger partial charge in [-0.15, -0.1) is 0 Å². The van der Waals surface area contributed by atoms with Gasteiger partial charge in [0.25, 0.3) is 0 Å². The highest BCUT2D eigenvalue weighted by Gasteiger charge is 2.19. The molecule has 2 aromatic heterocycles. The van der Waals surface area contributed by atoms with Crippen molar-refractivity contribution in [2.45, 2.75) is 6.54 Å². The molecule has 0 radical (unpaired) electrons. The normalized spacial score (nSPS) is 10.6. The molecule has 2 aromatic carbocycles. The molecule has 0 aliphatic carbocycles. The quantitative estimate of drug-likeness (QED) is 0.286. The number of ketones is 1. The summed E-state index contributed by atoms with van der Waals surface area (Å²) in [4.78, 5) is 25.0. The monoisotopic (exact) mass is 381 g/mol. The first-order valence-corrected chi connectivity index (χ1v) is 8.17. The van der Waals surface area contributed by atoms with Gasteiger partial charge in [-0.2, -0.15) is 4.57 Å². The van der Waals surface area contributed by atoms with Crippen LogP contribution in [0.3, 0.4) is 0 Å². The van der Waals surface area contributed by atoms with Gasteiger partial charge in [0.1, 0.15) is 5.56 Å². The van der Waals surface area contributed by atoms with Crippen LogP contribution in [0.1, 0.15) is 10.4 Å². The summed E-state index contributed by atoms with van der Waals surface area (Å²) in [6.45, 7) is 0.0606. The number of carbonyl (C=O) groups excluding carboxylic acids is 1. The predicted molar refractivity (Wildman–Crippen MR) is 97.5 cm³/mol. The maximum atomic E-state index is 12.7. The largest absolute Gasteiger partial charge is 1.00 e. The molecule has 0 amide bonds. The smallest absolute Gasteiger partial charge is 0.347 e. The van der Waals surface area contributed by atoms with Crippen molar-refractivity contribution in [2.75, 3.05) is 7.11 Å². The van der Waals surface area contributed by atoms with E-state index >= 15 is 0 Å². The Morgan fingerprint density at radius 1 is 1.04 bits per heavy atom. The Hall–Kier alpha value is -3.18. The van der Waals surface area contributed by atoms with Crippen LogP contribution < -0.4 is 27.3 Å². The summed E-state index contributed by atoms with van der Waals surface area (Å²) in [5.41, 5.74) is -0.283. The lowest BCUT2D eigenvalue weighted by Gasteiger charge is -2.05. The molecule has 136 valence electrons. The average molecular weight is 382 g/mol. The van der Waals surface area contributed by atoms with E-state index in [9.17, 15) is 9.59 Å². The minimum absolute atomic E-state index is 0. The van der Waals surface area contributed by atoms with Crippen LogP contribution in [0.5, 0.6) is 5.75 Å². The van der Waals surface area contributed by atoms with Gasteiger partial charge in [0.05, 0.1) is 7.11 Å². The molecule has 0 saturated heterocycles. The van der Waals surface area contributed by atoms with Crippen LogP contribution in [-0.4, -0.2) is 12.9 Å². The maximum absolute atomic E-state index is 12.7. The van der Waals surface area contributed by atoms with Gasteiger partial charge in [-0.3, -0.25) is 4.79 Å². The van der Waals surface area contributed by atoms with Crippen molar-refractivity contribution in [3.8, 4) is 5.75 Å². The molecular formula is C21H16ClNO4. The van der Waals surface area contributed by atoms with Gasteiger partial charge in [-0.25, -0.2) is 4.79 Å². The molecule has 0 fully saturated rings. The lowest BCUT2D eigenvalue weighted by molar-refractivity contribution is -0.681. The Labute approximate surface area is 161 Å². The Balaban J connectivity index is 0.00000210. The number of para-hydroxylation sites is 1. The molecule has 0 N–H and O–H groups in total. The number of benzene rings is 2. The van der Waals surface area contributed by atoms with E-state index in [-0.39, 0.29) is 30.3 Å². The minimum Gasteiger partial charge on any atom is -1.00 e. The molecule has 6 heteroatoms. The summed E-state index contributed by atoms with van der Waals surface area (Å²) in [7, 11) is 1.50. The topological polar surface area (TPSA) is 60.4 Å². The van der Waals surface area contributed by atoms with E-state index in [0.717, 1.165) is 10.8 Å². The standard InChI is InChI=1S/C21H16NO4.ClH/c1-25-19-8-4-7-15-11-17(21(24)26-20(15)19)18(23)13-22-10-9-14-5-2-3-6-16(14)12-22;/h2-12H,13H2,1H3;1H/q+1;/p-1. The number of pyridine rings is 1. The molecule has 0 aliphatic rings. The molecule has 4 rings (SSSR count). The molecular weight excluding hydrogens is 366 g/mol. The van der Waals surface area contributed by atoms with Crippen LogP contribution in [-0.2, 0) is 6.54 Å². The van der Waals surface area contributed by atoms with Crippen LogP contribution >= 0.6 is 0 Å². The van der Waals surface area contributed by atoms with Crippen LogP contribution in [0.4, 0.5) is 0 Å². The number of fused-ring (bicyclic) bond motifs is 2. The zero-order valence-corrected chi connectivity index (χ0v) is 15.3. The molecule has 2 heterocycles. The summed E-state index contributed by atoms with van der Waals surface area (Å²) in [5, 5.41) is 2.77. The SMILES string of the molecule is COc1cccc2cc(C(=O)C[n+]3ccc4ccccc4c3)c(=O)oc12.[Cl-]. The Kier molecular flexibility index (Phi) is 5.23. The molecule has 27 heavy (non-hydrogen) atoms. The third-order valence-corrected chi connectivity index (χ3v) is 4.32. The number of ether oxygens (including phenoxy) is 1. The van der Waals surface area contributed by atoms with Crippen molar-refractivity contribution in [2.24, 2.45) is 0 Å². The van der Waals surface area contributed by atoms with Crippen molar-refractivity contribution in [3.05, 3.63) is 83.0 Å². The average Bonchev–Trinajstić information content (AvgIpc) is 2.66. The Bertz CT molecular complexity index is 1200. The van der Waals surface area contributed by atoms with Gasteiger partial charge >= 0.3 is 5.63 Å². The van der Waals surface area contributed by atoms with Crippen LogP contribution in [0.15, 0.2) is 76.2 Å². The van der Waals surface area contributed by atoms with E-state index < -0.39 is 5.63 Å².